The summed E-state index contributed by atoms with van der Waals surface area (Å²) >= 11 is 0. The molecule has 0 spiro atoms. The Morgan fingerprint density at radius 2 is 1.44 bits per heavy atom. The van der Waals surface area contributed by atoms with E-state index in [4.69, 9.17) is 4.18 Å². The van der Waals surface area contributed by atoms with Gasteiger partial charge >= 0.3 is 10.1 Å². The van der Waals surface area contributed by atoms with Gasteiger partial charge in [0.1, 0.15) is 11.5 Å². The number of phenols is 1. The van der Waals surface area contributed by atoms with E-state index in [-0.39, 0.29) is 11.5 Å². The zero-order valence-corrected chi connectivity index (χ0v) is 18.2. The first-order valence-electron chi connectivity index (χ1n) is 10.6. The molecule has 0 aromatic heterocycles. The number of aromatic hydroxyl groups is 1. The number of rotatable bonds is 15. The third kappa shape index (κ3) is 9.50. The summed E-state index contributed by atoms with van der Waals surface area (Å²) in [6, 6.07) is 4.67. The number of phenolic OH excluding ortho intramolecular Hbond substituents is 1. The van der Waals surface area contributed by atoms with Gasteiger partial charge in [-0.15, -0.1) is 0 Å². The maximum atomic E-state index is 12.4. The predicted molar refractivity (Wildman–Crippen MR) is 113 cm³/mol. The maximum absolute atomic E-state index is 12.4. The fourth-order valence-electron chi connectivity index (χ4n) is 3.14. The van der Waals surface area contributed by atoms with Gasteiger partial charge in [-0.3, -0.25) is 0 Å². The summed E-state index contributed by atoms with van der Waals surface area (Å²) in [5.74, 6) is 0.251. The zero-order chi connectivity index (χ0) is 20.1. The van der Waals surface area contributed by atoms with Crippen LogP contribution < -0.4 is 4.18 Å². The summed E-state index contributed by atoms with van der Waals surface area (Å²) in [5, 5.41) is 9.13. The minimum Gasteiger partial charge on any atom is -0.508 e. The molecule has 0 saturated heterocycles. The van der Waals surface area contributed by atoms with Gasteiger partial charge in [-0.05, 0) is 32.4 Å². The van der Waals surface area contributed by atoms with E-state index < -0.39 is 15.4 Å². The Bertz CT molecular complexity index is 625. The first-order chi connectivity index (χ1) is 12.9. The zero-order valence-electron chi connectivity index (χ0n) is 17.4. The van der Waals surface area contributed by atoms with Gasteiger partial charge in [0.05, 0.1) is 5.25 Å². The van der Waals surface area contributed by atoms with Crippen molar-refractivity contribution in [3.63, 3.8) is 0 Å². The molecule has 0 heterocycles. The summed E-state index contributed by atoms with van der Waals surface area (Å²) in [6.45, 7) is 5.59. The number of hydrogen-bond donors (Lipinski definition) is 1. The first-order valence-corrected chi connectivity index (χ1v) is 12.1. The lowest BCUT2D eigenvalue weighted by atomic mass is 10.0. The predicted octanol–water partition coefficient (Wildman–Crippen LogP) is 6.50. The first kappa shape index (κ1) is 23.8. The maximum Gasteiger partial charge on any atom is 0.311 e. The third-order valence-electron chi connectivity index (χ3n) is 5.17. The van der Waals surface area contributed by atoms with Crippen LogP contribution in [0.25, 0.3) is 0 Å². The molecule has 0 aliphatic carbocycles. The summed E-state index contributed by atoms with van der Waals surface area (Å²) in [5.41, 5.74) is 0.447. The van der Waals surface area contributed by atoms with E-state index in [0.29, 0.717) is 12.0 Å². The van der Waals surface area contributed by atoms with Gasteiger partial charge in [-0.25, -0.2) is 0 Å². The highest BCUT2D eigenvalue weighted by Crippen LogP contribution is 2.28. The molecule has 1 aromatic rings. The van der Waals surface area contributed by atoms with Gasteiger partial charge in [0.15, 0.2) is 0 Å². The molecule has 0 bridgehead atoms. The molecule has 1 N–H and O–H groups in total. The third-order valence-corrected chi connectivity index (χ3v) is 6.80. The summed E-state index contributed by atoms with van der Waals surface area (Å²) in [7, 11) is -3.68. The summed E-state index contributed by atoms with van der Waals surface area (Å²) in [6.07, 6.45) is 14.4. The Hall–Kier alpha value is -1.23. The van der Waals surface area contributed by atoms with Crippen molar-refractivity contribution in [2.45, 2.75) is 103 Å². The van der Waals surface area contributed by atoms with Crippen molar-refractivity contribution in [1.82, 2.24) is 0 Å². The Morgan fingerprint density at radius 3 is 2.00 bits per heavy atom. The van der Waals surface area contributed by atoms with Crippen LogP contribution in [-0.2, 0) is 10.1 Å². The monoisotopic (exact) mass is 398 g/mol. The number of benzene rings is 1. The van der Waals surface area contributed by atoms with Gasteiger partial charge in [-0.2, -0.15) is 8.42 Å². The highest BCUT2D eigenvalue weighted by atomic mass is 32.2. The molecule has 0 aliphatic heterocycles. The largest absolute Gasteiger partial charge is 0.508 e. The van der Waals surface area contributed by atoms with Crippen LogP contribution >= 0.6 is 0 Å². The van der Waals surface area contributed by atoms with Crippen LogP contribution in [0.3, 0.4) is 0 Å². The van der Waals surface area contributed by atoms with Crippen LogP contribution in [0.5, 0.6) is 11.5 Å². The van der Waals surface area contributed by atoms with Crippen molar-refractivity contribution in [3.8, 4) is 11.5 Å². The highest BCUT2D eigenvalue weighted by molar-refractivity contribution is 7.87. The Kier molecular flexibility index (Phi) is 11.5. The quantitative estimate of drug-likeness (QED) is 0.270. The molecular formula is C22H38O4S. The van der Waals surface area contributed by atoms with Crippen molar-refractivity contribution in [2.75, 3.05) is 0 Å². The van der Waals surface area contributed by atoms with Crippen molar-refractivity contribution in [2.24, 2.45) is 0 Å². The Balaban J connectivity index is 2.18. The standard InChI is InChI=1S/C22H38O4S/c1-4-5-6-7-8-9-10-11-12-13-14-16-19(2)27(24,25)26-22-18-15-17-21(23)20(22)3/h15,17-19,23H,4-14,16H2,1-3H3. The van der Waals surface area contributed by atoms with Gasteiger partial charge < -0.3 is 9.29 Å². The lowest BCUT2D eigenvalue weighted by molar-refractivity contribution is 0.449. The Labute approximate surface area is 166 Å². The van der Waals surface area contributed by atoms with Crippen molar-refractivity contribution < 1.29 is 17.7 Å². The van der Waals surface area contributed by atoms with Crippen molar-refractivity contribution in [1.29, 1.82) is 0 Å². The molecule has 0 fully saturated rings. The topological polar surface area (TPSA) is 63.6 Å². The molecule has 0 amide bonds. The molecule has 0 saturated carbocycles. The normalized spacial score (nSPS) is 12.9. The van der Waals surface area contributed by atoms with Crippen LogP contribution in [0.15, 0.2) is 18.2 Å². The van der Waals surface area contributed by atoms with E-state index in [9.17, 15) is 13.5 Å². The molecule has 1 atom stereocenters. The smallest absolute Gasteiger partial charge is 0.311 e. The van der Waals surface area contributed by atoms with Gasteiger partial charge in [0.2, 0.25) is 0 Å². The van der Waals surface area contributed by atoms with Gasteiger partial charge in [0, 0.05) is 5.56 Å². The second-order valence-electron chi connectivity index (χ2n) is 7.61. The molecule has 5 heteroatoms. The fourth-order valence-corrected chi connectivity index (χ4v) is 4.19. The number of hydrogen-bond acceptors (Lipinski definition) is 4. The molecule has 1 aromatic carbocycles. The molecule has 1 rings (SSSR count). The van der Waals surface area contributed by atoms with E-state index >= 15 is 0 Å². The van der Waals surface area contributed by atoms with Crippen LogP contribution in [0.2, 0.25) is 0 Å². The molecule has 4 nitrogen and oxygen atoms in total. The van der Waals surface area contributed by atoms with Crippen LogP contribution in [-0.4, -0.2) is 18.8 Å². The Morgan fingerprint density at radius 1 is 0.926 bits per heavy atom. The average Bonchev–Trinajstić information content (AvgIpc) is 2.63. The second-order valence-corrected chi connectivity index (χ2v) is 9.57. The van der Waals surface area contributed by atoms with Crippen LogP contribution in [0, 0.1) is 6.92 Å². The average molecular weight is 399 g/mol. The van der Waals surface area contributed by atoms with E-state index in [1.54, 1.807) is 26.0 Å². The van der Waals surface area contributed by atoms with Gasteiger partial charge in [-0.1, -0.05) is 83.6 Å². The summed E-state index contributed by atoms with van der Waals surface area (Å²) in [4.78, 5) is 0. The molecular weight excluding hydrogens is 360 g/mol. The SMILES string of the molecule is CCCCCCCCCCCCCC(C)S(=O)(=O)Oc1cccc(O)c1C. The van der Waals surface area contributed by atoms with Crippen LogP contribution in [0.1, 0.15) is 96.5 Å². The molecule has 1 unspecified atom stereocenters. The number of unbranched alkanes of at least 4 members (excludes halogenated alkanes) is 10. The minimum atomic E-state index is -3.68. The van der Waals surface area contributed by atoms with E-state index in [0.717, 1.165) is 12.8 Å². The summed E-state index contributed by atoms with van der Waals surface area (Å²) < 4.78 is 30.0. The molecule has 27 heavy (non-hydrogen) atoms. The second kappa shape index (κ2) is 13.0. The fraction of sp³-hybridized carbons (Fsp3) is 0.727. The van der Waals surface area contributed by atoms with E-state index in [1.807, 2.05) is 0 Å². The van der Waals surface area contributed by atoms with Gasteiger partial charge in [0.25, 0.3) is 0 Å². The van der Waals surface area contributed by atoms with Crippen molar-refractivity contribution in [3.05, 3.63) is 23.8 Å². The lowest BCUT2D eigenvalue weighted by Gasteiger charge is -2.15. The minimum absolute atomic E-state index is 0.0423. The van der Waals surface area contributed by atoms with Crippen molar-refractivity contribution >= 4 is 10.1 Å². The molecule has 0 aliphatic rings. The van der Waals surface area contributed by atoms with E-state index in [2.05, 4.69) is 6.92 Å². The molecule has 0 radical (unpaired) electrons. The lowest BCUT2D eigenvalue weighted by Crippen LogP contribution is -2.23. The van der Waals surface area contributed by atoms with Crippen LogP contribution in [0.4, 0.5) is 0 Å². The van der Waals surface area contributed by atoms with E-state index in [1.165, 1.54) is 63.9 Å². The molecule has 156 valence electrons. The highest BCUT2D eigenvalue weighted by Gasteiger charge is 2.23.